The summed E-state index contributed by atoms with van der Waals surface area (Å²) in [5.74, 6) is 0.243. The molecule has 0 bridgehead atoms. The molecule has 0 aliphatic carbocycles. The lowest BCUT2D eigenvalue weighted by atomic mass is 10.0. The molecule has 2 aromatic heterocycles. The van der Waals surface area contributed by atoms with Crippen molar-refractivity contribution >= 4 is 6.03 Å². The zero-order valence-electron chi connectivity index (χ0n) is 12.2. The van der Waals surface area contributed by atoms with Gasteiger partial charge >= 0.3 is 12.2 Å². The van der Waals surface area contributed by atoms with Crippen molar-refractivity contribution in [3.05, 3.63) is 12.2 Å². The molecule has 0 aliphatic heterocycles. The lowest BCUT2D eigenvalue weighted by molar-refractivity contribution is -0.122. The molecular weight excluding hydrogens is 319 g/mol. The van der Waals surface area contributed by atoms with Crippen molar-refractivity contribution in [2.24, 2.45) is 5.92 Å². The Bertz CT molecular complexity index is 638. The van der Waals surface area contributed by atoms with Gasteiger partial charge in [-0.3, -0.25) is 5.10 Å². The Labute approximate surface area is 128 Å². The summed E-state index contributed by atoms with van der Waals surface area (Å²) in [6.07, 6.45) is -3.23. The number of alkyl halides is 3. The molecule has 0 saturated heterocycles. The van der Waals surface area contributed by atoms with Crippen molar-refractivity contribution in [3.8, 4) is 11.6 Å². The Hall–Kier alpha value is -2.66. The standard InChI is InChI=1S/C11H14F3N7O2/c1-5(2)6(18-10(22)15-3-11(12,13)14)9-19-8(21-23-9)7-16-4-17-20-7/h4-6H,3H2,1-2H3,(H2,15,18,22)(H,16,17,20). The topological polar surface area (TPSA) is 122 Å². The van der Waals surface area contributed by atoms with Gasteiger partial charge in [-0.15, -0.1) is 0 Å². The molecule has 0 fully saturated rings. The Kier molecular flexibility index (Phi) is 4.81. The fourth-order valence-electron chi connectivity index (χ4n) is 1.66. The van der Waals surface area contributed by atoms with Crippen LogP contribution in [0.2, 0.25) is 0 Å². The fraction of sp³-hybridized carbons (Fsp3) is 0.545. The van der Waals surface area contributed by atoms with Crippen LogP contribution in [0, 0.1) is 5.92 Å². The zero-order valence-corrected chi connectivity index (χ0v) is 12.2. The third-order valence-corrected chi connectivity index (χ3v) is 2.74. The Morgan fingerprint density at radius 3 is 2.74 bits per heavy atom. The van der Waals surface area contributed by atoms with E-state index in [1.165, 1.54) is 6.33 Å². The van der Waals surface area contributed by atoms with E-state index in [0.717, 1.165) is 0 Å². The summed E-state index contributed by atoms with van der Waals surface area (Å²) in [6, 6.07) is -1.74. The lowest BCUT2D eigenvalue weighted by Gasteiger charge is -2.19. The minimum atomic E-state index is -4.49. The van der Waals surface area contributed by atoms with Crippen LogP contribution in [0.3, 0.4) is 0 Å². The molecule has 0 aliphatic rings. The summed E-state index contributed by atoms with van der Waals surface area (Å²) >= 11 is 0. The van der Waals surface area contributed by atoms with Crippen molar-refractivity contribution in [1.29, 1.82) is 0 Å². The largest absolute Gasteiger partial charge is 0.405 e. The van der Waals surface area contributed by atoms with Crippen LogP contribution >= 0.6 is 0 Å². The third-order valence-electron chi connectivity index (χ3n) is 2.74. The van der Waals surface area contributed by atoms with Gasteiger partial charge < -0.3 is 15.2 Å². The number of H-pyrrole nitrogens is 1. The summed E-state index contributed by atoms with van der Waals surface area (Å²) in [7, 11) is 0. The lowest BCUT2D eigenvalue weighted by Crippen LogP contribution is -2.43. The molecule has 3 N–H and O–H groups in total. The maximum atomic E-state index is 12.1. The number of nitrogens with zero attached hydrogens (tertiary/aromatic N) is 4. The molecule has 0 spiro atoms. The van der Waals surface area contributed by atoms with E-state index in [4.69, 9.17) is 4.52 Å². The van der Waals surface area contributed by atoms with Crippen LogP contribution in [-0.2, 0) is 0 Å². The van der Waals surface area contributed by atoms with Crippen molar-refractivity contribution < 1.29 is 22.5 Å². The van der Waals surface area contributed by atoms with Gasteiger partial charge in [0.1, 0.15) is 18.9 Å². The zero-order chi connectivity index (χ0) is 17.0. The predicted molar refractivity (Wildman–Crippen MR) is 69.8 cm³/mol. The second-order valence-corrected chi connectivity index (χ2v) is 4.95. The molecule has 23 heavy (non-hydrogen) atoms. The number of hydrogen-bond donors (Lipinski definition) is 3. The van der Waals surface area contributed by atoms with Gasteiger partial charge in [-0.1, -0.05) is 19.0 Å². The summed E-state index contributed by atoms with van der Waals surface area (Å²) in [6.45, 7) is 2.05. The molecule has 0 saturated carbocycles. The smallest absolute Gasteiger partial charge is 0.337 e. The van der Waals surface area contributed by atoms with Gasteiger partial charge in [0.2, 0.25) is 11.7 Å². The van der Waals surface area contributed by atoms with Crippen LogP contribution < -0.4 is 10.6 Å². The first-order valence-corrected chi connectivity index (χ1v) is 6.56. The Morgan fingerprint density at radius 2 is 2.17 bits per heavy atom. The van der Waals surface area contributed by atoms with Crippen molar-refractivity contribution in [3.63, 3.8) is 0 Å². The van der Waals surface area contributed by atoms with E-state index in [-0.39, 0.29) is 23.5 Å². The molecule has 0 radical (unpaired) electrons. The molecule has 0 aromatic carbocycles. The number of amides is 2. The molecule has 2 amide bonds. The SMILES string of the molecule is CC(C)C(NC(=O)NCC(F)(F)F)c1nc(-c2ncn[nH]2)no1. The minimum Gasteiger partial charge on any atom is -0.337 e. The van der Waals surface area contributed by atoms with E-state index in [1.54, 1.807) is 19.2 Å². The Morgan fingerprint density at radius 1 is 1.43 bits per heavy atom. The van der Waals surface area contributed by atoms with Gasteiger partial charge in [0, 0.05) is 0 Å². The fourth-order valence-corrected chi connectivity index (χ4v) is 1.66. The minimum absolute atomic E-state index is 0.0496. The van der Waals surface area contributed by atoms with E-state index in [0.29, 0.717) is 0 Å². The van der Waals surface area contributed by atoms with Crippen LogP contribution in [0.15, 0.2) is 10.9 Å². The number of carbonyl (C=O) groups excluding carboxylic acids is 1. The number of aromatic amines is 1. The van der Waals surface area contributed by atoms with Gasteiger partial charge in [0.25, 0.3) is 0 Å². The van der Waals surface area contributed by atoms with E-state index in [2.05, 4.69) is 30.6 Å². The van der Waals surface area contributed by atoms with E-state index >= 15 is 0 Å². The van der Waals surface area contributed by atoms with Crippen LogP contribution in [0.4, 0.5) is 18.0 Å². The van der Waals surface area contributed by atoms with Crippen molar-refractivity contribution in [2.45, 2.75) is 26.1 Å². The molecule has 1 atom stereocenters. The number of carbonyl (C=O) groups is 1. The Balaban J connectivity index is 2.05. The first kappa shape index (κ1) is 16.7. The maximum Gasteiger partial charge on any atom is 0.405 e. The average Bonchev–Trinajstić information content (AvgIpc) is 3.11. The van der Waals surface area contributed by atoms with Crippen LogP contribution in [0.5, 0.6) is 0 Å². The number of urea groups is 1. The number of halogens is 3. The highest BCUT2D eigenvalue weighted by Gasteiger charge is 2.30. The van der Waals surface area contributed by atoms with Crippen LogP contribution in [0.25, 0.3) is 11.6 Å². The number of hydrogen-bond acceptors (Lipinski definition) is 6. The number of rotatable bonds is 5. The molecule has 2 rings (SSSR count). The second kappa shape index (κ2) is 6.62. The third kappa shape index (κ3) is 4.66. The number of aromatic nitrogens is 5. The molecule has 2 heterocycles. The van der Waals surface area contributed by atoms with E-state index < -0.39 is 24.8 Å². The van der Waals surface area contributed by atoms with Gasteiger partial charge in [-0.05, 0) is 5.92 Å². The van der Waals surface area contributed by atoms with Crippen LogP contribution in [-0.4, -0.2) is 44.1 Å². The van der Waals surface area contributed by atoms with Gasteiger partial charge in [0.15, 0.2) is 5.82 Å². The first-order chi connectivity index (χ1) is 10.8. The second-order valence-electron chi connectivity index (χ2n) is 4.95. The van der Waals surface area contributed by atoms with E-state index in [9.17, 15) is 18.0 Å². The monoisotopic (exact) mass is 333 g/mol. The maximum absolute atomic E-state index is 12.1. The first-order valence-electron chi connectivity index (χ1n) is 6.56. The average molecular weight is 333 g/mol. The molecule has 1 unspecified atom stereocenters. The van der Waals surface area contributed by atoms with Crippen LogP contribution in [0.1, 0.15) is 25.8 Å². The van der Waals surface area contributed by atoms with Gasteiger partial charge in [0.05, 0.1) is 0 Å². The number of nitrogens with one attached hydrogen (secondary N) is 3. The summed E-state index contributed by atoms with van der Waals surface area (Å²) in [5, 5.41) is 14.0. The predicted octanol–water partition coefficient (Wildman–Crippen LogP) is 1.41. The highest BCUT2D eigenvalue weighted by Crippen LogP contribution is 2.22. The summed E-state index contributed by atoms with van der Waals surface area (Å²) in [5.41, 5.74) is 0. The quantitative estimate of drug-likeness (QED) is 0.760. The molecular formula is C11H14F3N7O2. The molecule has 2 aromatic rings. The normalized spacial score (nSPS) is 13.1. The van der Waals surface area contributed by atoms with Crippen molar-refractivity contribution in [2.75, 3.05) is 6.54 Å². The molecule has 9 nitrogen and oxygen atoms in total. The highest BCUT2D eigenvalue weighted by atomic mass is 19.4. The van der Waals surface area contributed by atoms with Gasteiger partial charge in [-0.2, -0.15) is 23.3 Å². The van der Waals surface area contributed by atoms with E-state index in [1.807, 2.05) is 0 Å². The van der Waals surface area contributed by atoms with Crippen molar-refractivity contribution in [1.82, 2.24) is 36.0 Å². The summed E-state index contributed by atoms with van der Waals surface area (Å²) in [4.78, 5) is 19.5. The highest BCUT2D eigenvalue weighted by molar-refractivity contribution is 5.74. The molecule has 126 valence electrons. The molecule has 12 heteroatoms. The summed E-state index contributed by atoms with van der Waals surface area (Å²) < 4.78 is 41.3. The van der Waals surface area contributed by atoms with Gasteiger partial charge in [-0.25, -0.2) is 9.78 Å².